The monoisotopic (exact) mass is 392 g/mol. The van der Waals surface area contributed by atoms with Crippen molar-refractivity contribution in [2.24, 2.45) is 5.41 Å². The summed E-state index contributed by atoms with van der Waals surface area (Å²) >= 11 is 1.21. The summed E-state index contributed by atoms with van der Waals surface area (Å²) in [5.41, 5.74) is 1.48. The van der Waals surface area contributed by atoms with Crippen LogP contribution in [0.15, 0.2) is 46.0 Å². The topological polar surface area (TPSA) is 66.5 Å². The minimum atomic E-state index is -3.53. The lowest BCUT2D eigenvalue weighted by Gasteiger charge is -2.38. The quantitative estimate of drug-likeness (QED) is 0.850. The smallest absolute Gasteiger partial charge is 0.252 e. The van der Waals surface area contributed by atoms with E-state index in [2.05, 4.69) is 5.32 Å². The Bertz CT molecular complexity index is 878. The zero-order valence-electron chi connectivity index (χ0n) is 15.1. The first-order chi connectivity index (χ1) is 12.3. The highest BCUT2D eigenvalue weighted by Crippen LogP contribution is 2.33. The van der Waals surface area contributed by atoms with E-state index in [-0.39, 0.29) is 12.5 Å². The van der Waals surface area contributed by atoms with Crippen LogP contribution in [0.2, 0.25) is 0 Å². The van der Waals surface area contributed by atoms with Crippen LogP contribution < -0.4 is 5.32 Å². The zero-order valence-corrected chi connectivity index (χ0v) is 16.7. The highest BCUT2D eigenvalue weighted by Gasteiger charge is 2.42. The Labute approximate surface area is 159 Å². The molecule has 1 aromatic heterocycles. The lowest BCUT2D eigenvalue weighted by atomic mass is 9.82. The van der Waals surface area contributed by atoms with Gasteiger partial charge in [0.2, 0.25) is 5.91 Å². The maximum Gasteiger partial charge on any atom is 0.252 e. The first-order valence-corrected chi connectivity index (χ1v) is 11.0. The van der Waals surface area contributed by atoms with Crippen molar-refractivity contribution in [1.29, 1.82) is 0 Å². The Morgan fingerprint density at radius 1 is 1.27 bits per heavy atom. The Balaban J connectivity index is 1.70. The molecule has 1 aromatic carbocycles. The number of carbonyl (C=O) groups excluding carboxylic acids is 1. The van der Waals surface area contributed by atoms with Gasteiger partial charge in [0, 0.05) is 19.6 Å². The highest BCUT2D eigenvalue weighted by atomic mass is 32.2. The molecule has 26 heavy (non-hydrogen) atoms. The molecular formula is C19H24N2O3S2. The van der Waals surface area contributed by atoms with E-state index < -0.39 is 15.4 Å². The number of hydrogen-bond acceptors (Lipinski definition) is 4. The normalized spacial score (nSPS) is 21.5. The van der Waals surface area contributed by atoms with Crippen LogP contribution in [0.25, 0.3) is 0 Å². The molecule has 1 aliphatic rings. The van der Waals surface area contributed by atoms with Crippen molar-refractivity contribution in [3.05, 3.63) is 52.9 Å². The van der Waals surface area contributed by atoms with Gasteiger partial charge in [-0.05, 0) is 49.3 Å². The maximum absolute atomic E-state index is 12.8. The molecule has 1 fully saturated rings. The Kier molecular flexibility index (Phi) is 5.50. The van der Waals surface area contributed by atoms with Crippen molar-refractivity contribution in [3.8, 4) is 0 Å². The van der Waals surface area contributed by atoms with Crippen molar-refractivity contribution in [2.75, 3.05) is 13.1 Å². The van der Waals surface area contributed by atoms with Crippen molar-refractivity contribution < 1.29 is 13.2 Å². The summed E-state index contributed by atoms with van der Waals surface area (Å²) in [5, 5.41) is 4.75. The van der Waals surface area contributed by atoms with Crippen LogP contribution in [-0.4, -0.2) is 31.7 Å². The number of aryl methyl sites for hydroxylation is 1. The van der Waals surface area contributed by atoms with Crippen LogP contribution in [0, 0.1) is 12.3 Å². The molecule has 0 radical (unpaired) electrons. The third-order valence-electron chi connectivity index (χ3n) is 5.00. The standard InChI is InChI=1S/C19H24N2O3S2/c1-15-7-3-4-8-16(15)13-20-18(22)19(2)10-6-11-21(14-19)26(23,24)17-9-5-12-25-17/h3-5,7-9,12H,6,10-11,13-14H2,1-2H3,(H,20,22). The van der Waals surface area contributed by atoms with Gasteiger partial charge in [-0.1, -0.05) is 30.3 Å². The predicted octanol–water partition coefficient (Wildman–Crippen LogP) is 3.16. The Morgan fingerprint density at radius 3 is 2.73 bits per heavy atom. The number of nitrogens with one attached hydrogen (secondary N) is 1. The minimum absolute atomic E-state index is 0.0909. The average molecular weight is 393 g/mol. The summed E-state index contributed by atoms with van der Waals surface area (Å²) in [6.45, 7) is 5.00. The highest BCUT2D eigenvalue weighted by molar-refractivity contribution is 7.91. The van der Waals surface area contributed by atoms with E-state index in [0.29, 0.717) is 30.1 Å². The van der Waals surface area contributed by atoms with Gasteiger partial charge >= 0.3 is 0 Å². The predicted molar refractivity (Wildman–Crippen MR) is 103 cm³/mol. The Hall–Kier alpha value is -1.70. The van der Waals surface area contributed by atoms with E-state index >= 15 is 0 Å². The van der Waals surface area contributed by atoms with E-state index in [1.807, 2.05) is 38.1 Å². The number of hydrogen-bond donors (Lipinski definition) is 1. The SMILES string of the molecule is Cc1ccccc1CNC(=O)C1(C)CCCN(S(=O)(=O)c2cccs2)C1. The van der Waals surface area contributed by atoms with Crippen molar-refractivity contribution in [1.82, 2.24) is 9.62 Å². The molecule has 1 atom stereocenters. The van der Waals surface area contributed by atoms with E-state index in [1.54, 1.807) is 17.5 Å². The number of carbonyl (C=O) groups is 1. The minimum Gasteiger partial charge on any atom is -0.352 e. The first kappa shape index (κ1) is 19.1. The number of piperidine rings is 1. The Morgan fingerprint density at radius 2 is 2.04 bits per heavy atom. The van der Waals surface area contributed by atoms with E-state index in [0.717, 1.165) is 11.1 Å². The summed E-state index contributed by atoms with van der Waals surface area (Å²) in [7, 11) is -3.53. The van der Waals surface area contributed by atoms with Gasteiger partial charge in [-0.15, -0.1) is 11.3 Å². The van der Waals surface area contributed by atoms with Crippen LogP contribution >= 0.6 is 11.3 Å². The summed E-state index contributed by atoms with van der Waals surface area (Å²) < 4.78 is 27.4. The fourth-order valence-corrected chi connectivity index (χ4v) is 6.07. The maximum atomic E-state index is 12.8. The molecule has 1 unspecified atom stereocenters. The van der Waals surface area contributed by atoms with Gasteiger partial charge in [-0.3, -0.25) is 4.79 Å². The van der Waals surface area contributed by atoms with Crippen molar-refractivity contribution in [2.45, 2.75) is 37.4 Å². The second-order valence-corrected chi connectivity index (χ2v) is 10.2. The van der Waals surface area contributed by atoms with Gasteiger partial charge in [-0.25, -0.2) is 8.42 Å². The van der Waals surface area contributed by atoms with Crippen LogP contribution in [0.5, 0.6) is 0 Å². The van der Waals surface area contributed by atoms with Crippen LogP contribution in [0.3, 0.4) is 0 Å². The van der Waals surface area contributed by atoms with E-state index in [1.165, 1.54) is 15.6 Å². The van der Waals surface area contributed by atoms with Gasteiger partial charge in [0.15, 0.2) is 0 Å². The van der Waals surface area contributed by atoms with E-state index in [9.17, 15) is 13.2 Å². The molecule has 1 aliphatic heterocycles. The molecule has 1 amide bonds. The fourth-order valence-electron chi connectivity index (χ4n) is 3.32. The number of amides is 1. The number of sulfonamides is 1. The molecule has 3 rings (SSSR count). The van der Waals surface area contributed by atoms with Crippen LogP contribution in [-0.2, 0) is 21.4 Å². The van der Waals surface area contributed by atoms with Crippen LogP contribution in [0.4, 0.5) is 0 Å². The fraction of sp³-hybridized carbons (Fsp3) is 0.421. The number of rotatable bonds is 5. The van der Waals surface area contributed by atoms with Crippen LogP contribution in [0.1, 0.15) is 30.9 Å². The van der Waals surface area contributed by atoms with Gasteiger partial charge < -0.3 is 5.32 Å². The molecule has 7 heteroatoms. The van der Waals surface area contributed by atoms with Crippen molar-refractivity contribution in [3.63, 3.8) is 0 Å². The molecular weight excluding hydrogens is 368 g/mol. The second-order valence-electron chi connectivity index (χ2n) is 7.04. The molecule has 2 aromatic rings. The summed E-state index contributed by atoms with van der Waals surface area (Å²) in [6, 6.07) is 11.3. The molecule has 0 aliphatic carbocycles. The zero-order chi connectivity index (χ0) is 18.8. The summed E-state index contributed by atoms with van der Waals surface area (Å²) in [6.07, 6.45) is 1.36. The molecule has 1 N–H and O–H groups in total. The third-order valence-corrected chi connectivity index (χ3v) is 8.22. The first-order valence-electron chi connectivity index (χ1n) is 8.69. The average Bonchev–Trinajstić information content (AvgIpc) is 3.16. The van der Waals surface area contributed by atoms with Gasteiger partial charge in [0.25, 0.3) is 10.0 Å². The molecule has 0 saturated carbocycles. The molecule has 140 valence electrons. The number of benzene rings is 1. The molecule has 0 bridgehead atoms. The van der Waals surface area contributed by atoms with Gasteiger partial charge in [0.05, 0.1) is 5.41 Å². The largest absolute Gasteiger partial charge is 0.352 e. The van der Waals surface area contributed by atoms with Crippen molar-refractivity contribution >= 4 is 27.3 Å². The number of thiophene rings is 1. The molecule has 0 spiro atoms. The van der Waals surface area contributed by atoms with Gasteiger partial charge in [0.1, 0.15) is 4.21 Å². The molecule has 1 saturated heterocycles. The molecule has 5 nitrogen and oxygen atoms in total. The lowest BCUT2D eigenvalue weighted by molar-refractivity contribution is -0.132. The second kappa shape index (κ2) is 7.50. The summed E-state index contributed by atoms with van der Waals surface area (Å²) in [5.74, 6) is -0.0909. The lowest BCUT2D eigenvalue weighted by Crippen LogP contribution is -2.51. The molecule has 2 heterocycles. The number of nitrogens with zero attached hydrogens (tertiary/aromatic N) is 1. The van der Waals surface area contributed by atoms with Gasteiger partial charge in [-0.2, -0.15) is 4.31 Å². The summed E-state index contributed by atoms with van der Waals surface area (Å²) in [4.78, 5) is 12.8. The van der Waals surface area contributed by atoms with E-state index in [4.69, 9.17) is 0 Å². The third kappa shape index (κ3) is 3.84.